The molecule has 0 saturated carbocycles. The zero-order valence-electron chi connectivity index (χ0n) is 8.80. The van der Waals surface area contributed by atoms with Gasteiger partial charge in [-0.1, -0.05) is 13.8 Å². The molecule has 72 valence electrons. The summed E-state index contributed by atoms with van der Waals surface area (Å²) in [7, 11) is 0. The number of nitrogens with one attached hydrogen (secondary N) is 1. The highest BCUT2D eigenvalue weighted by Crippen LogP contribution is 2.17. The Morgan fingerprint density at radius 1 is 1.42 bits per heavy atom. The van der Waals surface area contributed by atoms with Crippen LogP contribution in [0.2, 0.25) is 0 Å². The van der Waals surface area contributed by atoms with Gasteiger partial charge in [-0.05, 0) is 32.9 Å². The summed E-state index contributed by atoms with van der Waals surface area (Å²) in [5, 5.41) is 3.45. The smallest absolute Gasteiger partial charge is 0.0260 e. The van der Waals surface area contributed by atoms with E-state index in [1.54, 1.807) is 0 Å². The molecule has 0 aromatic heterocycles. The lowest BCUT2D eigenvalue weighted by Crippen LogP contribution is -2.44. The van der Waals surface area contributed by atoms with Crippen LogP contribution in [0.5, 0.6) is 0 Å². The zero-order chi connectivity index (χ0) is 9.14. The van der Waals surface area contributed by atoms with E-state index in [0.29, 0.717) is 6.04 Å². The molecule has 2 nitrogen and oxygen atoms in total. The van der Waals surface area contributed by atoms with E-state index in [9.17, 15) is 0 Å². The Hall–Kier alpha value is -0.0800. The molecular weight excluding hydrogens is 148 g/mol. The van der Waals surface area contributed by atoms with Crippen LogP contribution >= 0.6 is 0 Å². The number of hydrogen-bond donors (Lipinski definition) is 1. The Kier molecular flexibility index (Phi) is 3.53. The Morgan fingerprint density at radius 2 is 2.08 bits per heavy atom. The van der Waals surface area contributed by atoms with Gasteiger partial charge in [0.15, 0.2) is 0 Å². The van der Waals surface area contributed by atoms with E-state index in [1.165, 1.54) is 19.6 Å². The number of nitrogens with zero attached hydrogens (tertiary/aromatic N) is 1. The van der Waals surface area contributed by atoms with Gasteiger partial charge in [0.25, 0.3) is 0 Å². The van der Waals surface area contributed by atoms with Crippen molar-refractivity contribution in [3.05, 3.63) is 0 Å². The van der Waals surface area contributed by atoms with Crippen molar-refractivity contribution in [2.24, 2.45) is 5.92 Å². The molecule has 1 saturated heterocycles. The Morgan fingerprint density at radius 3 is 2.42 bits per heavy atom. The fourth-order valence-electron chi connectivity index (χ4n) is 2.22. The number of rotatable bonds is 3. The molecule has 0 bridgehead atoms. The molecule has 2 unspecified atom stereocenters. The molecule has 1 heterocycles. The molecule has 0 spiro atoms. The molecule has 0 aromatic carbocycles. The van der Waals surface area contributed by atoms with Crippen molar-refractivity contribution in [3.63, 3.8) is 0 Å². The molecule has 2 heteroatoms. The second-order valence-electron chi connectivity index (χ2n) is 4.13. The molecule has 1 N–H and O–H groups in total. The van der Waals surface area contributed by atoms with E-state index < -0.39 is 0 Å². The quantitative estimate of drug-likeness (QED) is 0.687. The summed E-state index contributed by atoms with van der Waals surface area (Å²) >= 11 is 0. The van der Waals surface area contributed by atoms with Gasteiger partial charge in [0.1, 0.15) is 0 Å². The van der Waals surface area contributed by atoms with Gasteiger partial charge in [-0.2, -0.15) is 0 Å². The standard InChI is InChI=1S/C10H22N2/c1-5-12(8(2)3)10-7-11-6-9(10)4/h8-11H,5-7H2,1-4H3. The van der Waals surface area contributed by atoms with E-state index in [1.807, 2.05) is 0 Å². The third kappa shape index (κ3) is 1.99. The van der Waals surface area contributed by atoms with Crippen molar-refractivity contribution >= 4 is 0 Å². The van der Waals surface area contributed by atoms with Crippen LogP contribution in [0.1, 0.15) is 27.7 Å². The van der Waals surface area contributed by atoms with Crippen LogP contribution in [0.15, 0.2) is 0 Å². The largest absolute Gasteiger partial charge is 0.315 e. The van der Waals surface area contributed by atoms with Crippen molar-refractivity contribution in [2.45, 2.75) is 39.8 Å². The zero-order valence-corrected chi connectivity index (χ0v) is 8.80. The summed E-state index contributed by atoms with van der Waals surface area (Å²) in [6.07, 6.45) is 0. The maximum Gasteiger partial charge on any atom is 0.0260 e. The van der Waals surface area contributed by atoms with Crippen molar-refractivity contribution < 1.29 is 0 Å². The number of hydrogen-bond acceptors (Lipinski definition) is 2. The minimum absolute atomic E-state index is 0.683. The average Bonchev–Trinajstić information content (AvgIpc) is 2.38. The first-order valence-corrected chi connectivity index (χ1v) is 5.13. The van der Waals surface area contributed by atoms with Gasteiger partial charge in [0.2, 0.25) is 0 Å². The molecular formula is C10H22N2. The Balaban J connectivity index is 2.52. The summed E-state index contributed by atoms with van der Waals surface area (Å²) in [6, 6.07) is 1.44. The minimum atomic E-state index is 0.683. The molecule has 1 aliphatic rings. The van der Waals surface area contributed by atoms with Crippen molar-refractivity contribution in [3.8, 4) is 0 Å². The molecule has 0 aliphatic carbocycles. The summed E-state index contributed by atoms with van der Waals surface area (Å²) in [5.74, 6) is 0.812. The normalized spacial score (nSPS) is 30.5. The highest BCUT2D eigenvalue weighted by Gasteiger charge is 2.28. The lowest BCUT2D eigenvalue weighted by Gasteiger charge is -2.33. The van der Waals surface area contributed by atoms with Gasteiger partial charge in [0.05, 0.1) is 0 Å². The summed E-state index contributed by atoms with van der Waals surface area (Å²) < 4.78 is 0. The first-order valence-electron chi connectivity index (χ1n) is 5.13. The van der Waals surface area contributed by atoms with Gasteiger partial charge in [0, 0.05) is 18.6 Å². The second-order valence-corrected chi connectivity index (χ2v) is 4.13. The maximum atomic E-state index is 3.45. The lowest BCUT2D eigenvalue weighted by atomic mass is 10.0. The highest BCUT2D eigenvalue weighted by atomic mass is 15.2. The van der Waals surface area contributed by atoms with Crippen LogP contribution in [-0.4, -0.2) is 36.6 Å². The first kappa shape index (κ1) is 10.0. The fraction of sp³-hybridized carbons (Fsp3) is 1.00. The third-order valence-corrected chi connectivity index (χ3v) is 2.93. The summed E-state index contributed by atoms with van der Waals surface area (Å²) in [5.41, 5.74) is 0. The topological polar surface area (TPSA) is 15.3 Å². The van der Waals surface area contributed by atoms with Gasteiger partial charge >= 0.3 is 0 Å². The van der Waals surface area contributed by atoms with Crippen molar-refractivity contribution in [1.29, 1.82) is 0 Å². The number of likely N-dealkylation sites (N-methyl/N-ethyl adjacent to an activating group) is 1. The second kappa shape index (κ2) is 4.24. The molecule has 1 aliphatic heterocycles. The Bertz CT molecular complexity index is 134. The summed E-state index contributed by atoms with van der Waals surface area (Å²) in [4.78, 5) is 2.59. The lowest BCUT2D eigenvalue weighted by molar-refractivity contribution is 0.146. The van der Waals surface area contributed by atoms with Crippen molar-refractivity contribution in [2.75, 3.05) is 19.6 Å². The monoisotopic (exact) mass is 170 g/mol. The average molecular weight is 170 g/mol. The van der Waals surface area contributed by atoms with Gasteiger partial charge in [-0.3, -0.25) is 4.90 Å². The molecule has 12 heavy (non-hydrogen) atoms. The van der Waals surface area contributed by atoms with Crippen LogP contribution in [0.3, 0.4) is 0 Å². The van der Waals surface area contributed by atoms with Gasteiger partial charge < -0.3 is 5.32 Å². The molecule has 0 amide bonds. The first-order chi connectivity index (χ1) is 5.66. The van der Waals surface area contributed by atoms with E-state index >= 15 is 0 Å². The highest BCUT2D eigenvalue weighted by molar-refractivity contribution is 4.87. The minimum Gasteiger partial charge on any atom is -0.315 e. The predicted octanol–water partition coefficient (Wildman–Crippen LogP) is 1.32. The van der Waals surface area contributed by atoms with Crippen LogP contribution < -0.4 is 5.32 Å². The predicted molar refractivity (Wildman–Crippen MR) is 53.3 cm³/mol. The molecule has 1 fully saturated rings. The Labute approximate surface area is 76.3 Å². The van der Waals surface area contributed by atoms with E-state index in [-0.39, 0.29) is 0 Å². The third-order valence-electron chi connectivity index (χ3n) is 2.93. The molecule has 2 atom stereocenters. The van der Waals surface area contributed by atoms with E-state index in [0.717, 1.165) is 12.0 Å². The van der Waals surface area contributed by atoms with Crippen LogP contribution in [0.25, 0.3) is 0 Å². The van der Waals surface area contributed by atoms with E-state index in [2.05, 4.69) is 37.9 Å². The molecule has 0 aromatic rings. The van der Waals surface area contributed by atoms with Crippen LogP contribution in [0.4, 0.5) is 0 Å². The van der Waals surface area contributed by atoms with Gasteiger partial charge in [-0.25, -0.2) is 0 Å². The van der Waals surface area contributed by atoms with E-state index in [4.69, 9.17) is 0 Å². The fourth-order valence-corrected chi connectivity index (χ4v) is 2.22. The summed E-state index contributed by atoms with van der Waals surface area (Å²) in [6.45, 7) is 12.7. The molecule has 1 rings (SSSR count). The van der Waals surface area contributed by atoms with Crippen molar-refractivity contribution in [1.82, 2.24) is 10.2 Å². The SMILES string of the molecule is CCN(C(C)C)C1CNCC1C. The van der Waals surface area contributed by atoms with Gasteiger partial charge in [-0.15, -0.1) is 0 Å². The van der Waals surface area contributed by atoms with Crippen LogP contribution in [0, 0.1) is 5.92 Å². The molecule has 0 radical (unpaired) electrons. The van der Waals surface area contributed by atoms with Crippen LogP contribution in [-0.2, 0) is 0 Å². The maximum absolute atomic E-state index is 3.45.